The second-order valence-corrected chi connectivity index (χ2v) is 3.20. The molecule has 1 heteroatoms. The zero-order valence-corrected chi connectivity index (χ0v) is 7.23. The molecule has 0 fully saturated rings. The summed E-state index contributed by atoms with van der Waals surface area (Å²) in [7, 11) is 0. The van der Waals surface area contributed by atoms with Crippen molar-refractivity contribution in [3.63, 3.8) is 0 Å². The Kier molecular flexibility index (Phi) is 2.39. The van der Waals surface area contributed by atoms with Crippen LogP contribution in [0.1, 0.15) is 13.8 Å². The van der Waals surface area contributed by atoms with Gasteiger partial charge >= 0.3 is 0 Å². The van der Waals surface area contributed by atoms with E-state index in [0.717, 1.165) is 0 Å². The third-order valence-corrected chi connectivity index (χ3v) is 2.03. The average molecular weight is 152 g/mol. The lowest BCUT2D eigenvalue weighted by molar-refractivity contribution is 1.20. The minimum Gasteiger partial charge on any atom is -0.167 e. The molecule has 0 bridgehead atoms. The van der Waals surface area contributed by atoms with Crippen LogP contribution in [0.4, 0.5) is 0 Å². The fourth-order valence-corrected chi connectivity index (χ4v) is 1.44. The maximum atomic E-state index is 4.40. The minimum absolute atomic E-state index is 0.301. The molecule has 0 aromatic rings. The van der Waals surface area contributed by atoms with Gasteiger partial charge in [-0.2, -0.15) is 12.6 Å². The normalized spacial score (nSPS) is 23.5. The van der Waals surface area contributed by atoms with Crippen LogP contribution in [0.2, 0.25) is 0 Å². The summed E-state index contributed by atoms with van der Waals surface area (Å²) in [6.45, 7) is 4.23. The summed E-state index contributed by atoms with van der Waals surface area (Å²) in [6, 6.07) is 0. The van der Waals surface area contributed by atoms with E-state index in [1.807, 2.05) is 6.08 Å². The number of allylic oxidation sites excluding steroid dienone is 4. The molecule has 0 radical (unpaired) electrons. The summed E-state index contributed by atoms with van der Waals surface area (Å²) in [5.41, 5.74) is 2.67. The Labute approximate surface area is 67.7 Å². The monoisotopic (exact) mass is 152 g/mol. The molecule has 0 saturated heterocycles. The van der Waals surface area contributed by atoms with E-state index in [1.54, 1.807) is 0 Å². The molecular formula is C9H12S. The van der Waals surface area contributed by atoms with Gasteiger partial charge in [0.05, 0.1) is 0 Å². The molecule has 0 amide bonds. The van der Waals surface area contributed by atoms with Gasteiger partial charge in [0.1, 0.15) is 0 Å². The fourth-order valence-electron chi connectivity index (χ4n) is 0.993. The maximum Gasteiger partial charge on any atom is 0.0449 e. The fraction of sp³-hybridized carbons (Fsp3) is 0.333. The Morgan fingerprint density at radius 3 is 2.50 bits per heavy atom. The standard InChI is InChI=1S/C9H12S/c1-7(2)8-5-3-4-6-9(8)10/h3-6,9-10H,1-2H3. The lowest BCUT2D eigenvalue weighted by Gasteiger charge is -2.11. The number of thiol groups is 1. The van der Waals surface area contributed by atoms with Crippen LogP contribution in [0.3, 0.4) is 0 Å². The molecule has 1 aliphatic carbocycles. The van der Waals surface area contributed by atoms with E-state index in [9.17, 15) is 0 Å². The largest absolute Gasteiger partial charge is 0.167 e. The zero-order valence-electron chi connectivity index (χ0n) is 6.33. The second kappa shape index (κ2) is 3.11. The predicted molar refractivity (Wildman–Crippen MR) is 49.4 cm³/mol. The Morgan fingerprint density at radius 1 is 1.40 bits per heavy atom. The minimum atomic E-state index is 0.301. The molecular weight excluding hydrogens is 140 g/mol. The van der Waals surface area contributed by atoms with E-state index in [1.165, 1.54) is 11.1 Å². The van der Waals surface area contributed by atoms with Gasteiger partial charge in [-0.1, -0.05) is 29.9 Å². The molecule has 0 spiro atoms. The summed E-state index contributed by atoms with van der Waals surface area (Å²) in [6.07, 6.45) is 8.29. The first-order valence-corrected chi connectivity index (χ1v) is 3.94. The van der Waals surface area contributed by atoms with Crippen molar-refractivity contribution in [1.82, 2.24) is 0 Å². The lowest BCUT2D eigenvalue weighted by Crippen LogP contribution is -2.01. The van der Waals surface area contributed by atoms with Gasteiger partial charge in [0.15, 0.2) is 0 Å². The van der Waals surface area contributed by atoms with Crippen molar-refractivity contribution in [2.75, 3.05) is 0 Å². The van der Waals surface area contributed by atoms with Crippen LogP contribution in [0.5, 0.6) is 0 Å². The molecule has 54 valence electrons. The molecule has 0 aromatic heterocycles. The van der Waals surface area contributed by atoms with Gasteiger partial charge in [0, 0.05) is 5.25 Å². The van der Waals surface area contributed by atoms with Crippen LogP contribution in [0.15, 0.2) is 35.5 Å². The first-order chi connectivity index (χ1) is 4.72. The van der Waals surface area contributed by atoms with E-state index in [4.69, 9.17) is 0 Å². The first-order valence-electron chi connectivity index (χ1n) is 3.42. The van der Waals surface area contributed by atoms with Crippen LogP contribution in [0, 0.1) is 0 Å². The van der Waals surface area contributed by atoms with Crippen molar-refractivity contribution < 1.29 is 0 Å². The summed E-state index contributed by atoms with van der Waals surface area (Å²) < 4.78 is 0. The Morgan fingerprint density at radius 2 is 2.10 bits per heavy atom. The SMILES string of the molecule is CC(C)=C1C=CC=CC1S. The molecule has 1 atom stereocenters. The van der Waals surface area contributed by atoms with Crippen molar-refractivity contribution in [2.24, 2.45) is 0 Å². The molecule has 0 saturated carbocycles. The van der Waals surface area contributed by atoms with Gasteiger partial charge in [-0.3, -0.25) is 0 Å². The van der Waals surface area contributed by atoms with Gasteiger partial charge in [0.2, 0.25) is 0 Å². The van der Waals surface area contributed by atoms with E-state index in [2.05, 4.69) is 44.7 Å². The third kappa shape index (κ3) is 1.54. The first kappa shape index (κ1) is 7.67. The summed E-state index contributed by atoms with van der Waals surface area (Å²) in [5.74, 6) is 0. The van der Waals surface area contributed by atoms with E-state index >= 15 is 0 Å². The van der Waals surface area contributed by atoms with Crippen LogP contribution in [-0.2, 0) is 0 Å². The Balaban J connectivity index is 2.91. The summed E-state index contributed by atoms with van der Waals surface area (Å²) >= 11 is 4.40. The van der Waals surface area contributed by atoms with Crippen molar-refractivity contribution >= 4 is 12.6 Å². The van der Waals surface area contributed by atoms with Crippen LogP contribution in [0.25, 0.3) is 0 Å². The molecule has 0 nitrogen and oxygen atoms in total. The molecule has 1 unspecified atom stereocenters. The predicted octanol–water partition coefficient (Wildman–Crippen LogP) is 2.75. The topological polar surface area (TPSA) is 0 Å². The molecule has 0 N–H and O–H groups in total. The summed E-state index contributed by atoms with van der Waals surface area (Å²) in [4.78, 5) is 0. The third-order valence-electron chi connectivity index (χ3n) is 1.58. The van der Waals surface area contributed by atoms with Crippen LogP contribution >= 0.6 is 12.6 Å². The molecule has 1 rings (SSSR count). The number of rotatable bonds is 0. The Hall–Kier alpha value is -0.430. The van der Waals surface area contributed by atoms with Gasteiger partial charge in [-0.25, -0.2) is 0 Å². The highest BCUT2D eigenvalue weighted by Gasteiger charge is 2.05. The molecule has 1 aliphatic rings. The van der Waals surface area contributed by atoms with E-state index in [-0.39, 0.29) is 0 Å². The molecule has 0 aromatic carbocycles. The quantitative estimate of drug-likeness (QED) is 0.507. The highest BCUT2D eigenvalue weighted by Crippen LogP contribution is 2.19. The molecule has 0 heterocycles. The van der Waals surface area contributed by atoms with Gasteiger partial charge < -0.3 is 0 Å². The van der Waals surface area contributed by atoms with Crippen molar-refractivity contribution in [3.8, 4) is 0 Å². The van der Waals surface area contributed by atoms with Crippen molar-refractivity contribution in [2.45, 2.75) is 19.1 Å². The molecule has 0 aliphatic heterocycles. The highest BCUT2D eigenvalue weighted by atomic mass is 32.1. The van der Waals surface area contributed by atoms with Crippen molar-refractivity contribution in [1.29, 1.82) is 0 Å². The smallest absolute Gasteiger partial charge is 0.0449 e. The van der Waals surface area contributed by atoms with Gasteiger partial charge in [0.25, 0.3) is 0 Å². The van der Waals surface area contributed by atoms with Crippen LogP contribution in [-0.4, -0.2) is 5.25 Å². The number of hydrogen-bond donors (Lipinski definition) is 1. The Bertz CT molecular complexity index is 205. The van der Waals surface area contributed by atoms with Crippen LogP contribution < -0.4 is 0 Å². The van der Waals surface area contributed by atoms with E-state index < -0.39 is 0 Å². The van der Waals surface area contributed by atoms with Crippen molar-refractivity contribution in [3.05, 3.63) is 35.5 Å². The van der Waals surface area contributed by atoms with E-state index in [0.29, 0.717) is 5.25 Å². The molecule has 10 heavy (non-hydrogen) atoms. The number of hydrogen-bond acceptors (Lipinski definition) is 1. The van der Waals surface area contributed by atoms with Gasteiger partial charge in [-0.05, 0) is 19.4 Å². The van der Waals surface area contributed by atoms with Gasteiger partial charge in [-0.15, -0.1) is 0 Å². The maximum absolute atomic E-state index is 4.40. The lowest BCUT2D eigenvalue weighted by atomic mass is 10.0. The second-order valence-electron chi connectivity index (χ2n) is 2.64. The average Bonchev–Trinajstić information content (AvgIpc) is 1.88. The zero-order chi connectivity index (χ0) is 7.56. The summed E-state index contributed by atoms with van der Waals surface area (Å²) in [5, 5.41) is 0.301. The highest BCUT2D eigenvalue weighted by molar-refractivity contribution is 7.81.